The number of aliphatic hydroxyl groups is 6. The molecule has 21 heavy (non-hydrogen) atoms. The third-order valence-electron chi connectivity index (χ3n) is 3.05. The van der Waals surface area contributed by atoms with E-state index in [-0.39, 0.29) is 26.4 Å². The molecule has 1 aliphatic rings. The lowest BCUT2D eigenvalue weighted by Gasteiger charge is -2.25. The number of hydrogen-bond acceptors (Lipinski definition) is 7. The van der Waals surface area contributed by atoms with Gasteiger partial charge in [-0.25, -0.2) is 0 Å². The van der Waals surface area contributed by atoms with Gasteiger partial charge < -0.3 is 35.4 Å². The molecule has 0 aromatic carbocycles. The maximum Gasteiger partial charge on any atom is 0.0698 e. The molecule has 7 nitrogen and oxygen atoms in total. The quantitative estimate of drug-likeness (QED) is 0.323. The lowest BCUT2D eigenvalue weighted by molar-refractivity contribution is 0.0650. The molecule has 0 amide bonds. The normalized spacial score (nSPS) is 20.9. The first-order valence-electron chi connectivity index (χ1n) is 7.42. The highest BCUT2D eigenvalue weighted by Gasteiger charge is 2.19. The second kappa shape index (κ2) is 19.7. The minimum absolute atomic E-state index is 0.0278. The van der Waals surface area contributed by atoms with Crippen LogP contribution < -0.4 is 0 Å². The second-order valence-electron chi connectivity index (χ2n) is 4.76. The van der Waals surface area contributed by atoms with E-state index in [4.69, 9.17) is 30.6 Å². The minimum Gasteiger partial charge on any atom is -0.396 e. The molecule has 0 bridgehead atoms. The van der Waals surface area contributed by atoms with Crippen LogP contribution in [0.5, 0.6) is 0 Å². The lowest BCUT2D eigenvalue weighted by Crippen LogP contribution is -2.19. The molecule has 6 N–H and O–H groups in total. The van der Waals surface area contributed by atoms with Crippen molar-refractivity contribution in [3.8, 4) is 0 Å². The van der Waals surface area contributed by atoms with E-state index < -0.39 is 0 Å². The van der Waals surface area contributed by atoms with Crippen molar-refractivity contribution in [2.24, 2.45) is 11.8 Å². The Labute approximate surface area is 126 Å². The molecule has 1 fully saturated rings. The van der Waals surface area contributed by atoms with E-state index in [0.29, 0.717) is 38.3 Å². The summed E-state index contributed by atoms with van der Waals surface area (Å²) >= 11 is 0. The maximum absolute atomic E-state index is 8.79. The van der Waals surface area contributed by atoms with Gasteiger partial charge in [0.25, 0.3) is 0 Å². The van der Waals surface area contributed by atoms with Gasteiger partial charge in [0.15, 0.2) is 0 Å². The fraction of sp³-hybridized carbons (Fsp3) is 1.00. The third kappa shape index (κ3) is 17.7. The molecular weight excluding hydrogens is 280 g/mol. The summed E-state index contributed by atoms with van der Waals surface area (Å²) in [7, 11) is 0. The van der Waals surface area contributed by atoms with Crippen molar-refractivity contribution in [2.45, 2.75) is 25.7 Å². The molecule has 0 heterocycles. The zero-order chi connectivity index (χ0) is 16.3. The zero-order valence-corrected chi connectivity index (χ0v) is 12.7. The van der Waals surface area contributed by atoms with Crippen molar-refractivity contribution in [3.05, 3.63) is 0 Å². The van der Waals surface area contributed by atoms with Crippen LogP contribution in [0, 0.1) is 11.8 Å². The number of aliphatic hydroxyl groups excluding tert-OH is 6. The molecule has 7 heteroatoms. The highest BCUT2D eigenvalue weighted by atomic mass is 16.5. The van der Waals surface area contributed by atoms with E-state index in [1.807, 2.05) is 0 Å². The second-order valence-corrected chi connectivity index (χ2v) is 4.76. The predicted molar refractivity (Wildman–Crippen MR) is 78.8 cm³/mol. The van der Waals surface area contributed by atoms with Crippen LogP contribution in [0.2, 0.25) is 0 Å². The number of ether oxygens (including phenoxy) is 1. The SMILES string of the molecule is OCC1CCC(CO)CC1.OCCO.OCCOCCO. The Hall–Kier alpha value is -0.280. The van der Waals surface area contributed by atoms with Crippen LogP contribution in [-0.2, 0) is 4.74 Å². The smallest absolute Gasteiger partial charge is 0.0698 e. The van der Waals surface area contributed by atoms with Crippen molar-refractivity contribution < 1.29 is 35.4 Å². The summed E-state index contributed by atoms with van der Waals surface area (Å²) < 4.78 is 4.63. The minimum atomic E-state index is -0.125. The monoisotopic (exact) mass is 312 g/mol. The average Bonchev–Trinajstić information content (AvgIpc) is 2.56. The van der Waals surface area contributed by atoms with Crippen molar-refractivity contribution in [2.75, 3.05) is 52.9 Å². The largest absolute Gasteiger partial charge is 0.396 e. The third-order valence-corrected chi connectivity index (χ3v) is 3.05. The van der Waals surface area contributed by atoms with E-state index in [9.17, 15) is 0 Å². The van der Waals surface area contributed by atoms with Crippen molar-refractivity contribution in [1.29, 1.82) is 0 Å². The molecule has 0 aliphatic heterocycles. The Morgan fingerprint density at radius 1 is 0.571 bits per heavy atom. The maximum atomic E-state index is 8.79. The summed E-state index contributed by atoms with van der Waals surface area (Å²) in [6.45, 7) is 1.11. The van der Waals surface area contributed by atoms with Crippen LogP contribution in [-0.4, -0.2) is 83.5 Å². The molecule has 1 aliphatic carbocycles. The molecule has 1 saturated carbocycles. The van der Waals surface area contributed by atoms with Crippen LogP contribution in [0.4, 0.5) is 0 Å². The fourth-order valence-electron chi connectivity index (χ4n) is 1.83. The van der Waals surface area contributed by atoms with Crippen LogP contribution >= 0.6 is 0 Å². The van der Waals surface area contributed by atoms with Gasteiger partial charge in [-0.05, 0) is 37.5 Å². The van der Waals surface area contributed by atoms with E-state index in [0.717, 1.165) is 25.7 Å². The predicted octanol–water partition coefficient (Wildman–Crippen LogP) is -1.26. The van der Waals surface area contributed by atoms with Gasteiger partial charge in [-0.15, -0.1) is 0 Å². The Kier molecular flexibility index (Phi) is 21.6. The molecule has 1 rings (SSSR count). The van der Waals surface area contributed by atoms with Crippen LogP contribution in [0.3, 0.4) is 0 Å². The van der Waals surface area contributed by atoms with Gasteiger partial charge in [0.05, 0.1) is 39.6 Å². The molecule has 0 aromatic rings. The summed E-state index contributed by atoms with van der Waals surface area (Å²) in [6, 6.07) is 0. The van der Waals surface area contributed by atoms with Crippen LogP contribution in [0.25, 0.3) is 0 Å². The highest BCUT2D eigenvalue weighted by molar-refractivity contribution is 4.70. The van der Waals surface area contributed by atoms with Crippen molar-refractivity contribution in [3.63, 3.8) is 0 Å². The van der Waals surface area contributed by atoms with Gasteiger partial charge in [0.1, 0.15) is 0 Å². The highest BCUT2D eigenvalue weighted by Crippen LogP contribution is 2.27. The molecule has 0 spiro atoms. The fourth-order valence-corrected chi connectivity index (χ4v) is 1.83. The number of hydrogen-bond donors (Lipinski definition) is 6. The van der Waals surface area contributed by atoms with Crippen LogP contribution in [0.15, 0.2) is 0 Å². The Morgan fingerprint density at radius 2 is 0.905 bits per heavy atom. The molecule has 130 valence electrons. The summed E-state index contributed by atoms with van der Waals surface area (Å²) in [4.78, 5) is 0. The molecule has 0 unspecified atom stereocenters. The van der Waals surface area contributed by atoms with Gasteiger partial charge in [-0.1, -0.05) is 0 Å². The number of rotatable bonds is 7. The molecule has 0 saturated heterocycles. The Bertz CT molecular complexity index is 155. The standard InChI is InChI=1S/C8H16O2.C4H10O3.C2H6O2/c9-5-7-1-2-8(6-10)4-3-7;5-1-3-7-4-2-6;3-1-2-4/h7-10H,1-6H2;5-6H,1-4H2;3-4H,1-2H2. The molecule has 0 atom stereocenters. The van der Waals surface area contributed by atoms with E-state index in [1.165, 1.54) is 0 Å². The molecule has 0 radical (unpaired) electrons. The summed E-state index contributed by atoms with van der Waals surface area (Å²) in [5, 5.41) is 49.0. The Balaban J connectivity index is 0. The van der Waals surface area contributed by atoms with Crippen molar-refractivity contribution in [1.82, 2.24) is 0 Å². The van der Waals surface area contributed by atoms with Gasteiger partial charge in [-0.2, -0.15) is 0 Å². The summed E-state index contributed by atoms with van der Waals surface area (Å²) in [6.07, 6.45) is 4.40. The van der Waals surface area contributed by atoms with Crippen LogP contribution in [0.1, 0.15) is 25.7 Å². The molecular formula is C14H32O7. The summed E-state index contributed by atoms with van der Waals surface area (Å²) in [5.74, 6) is 1.03. The first kappa shape index (κ1) is 23.0. The topological polar surface area (TPSA) is 131 Å². The van der Waals surface area contributed by atoms with Gasteiger partial charge in [0, 0.05) is 13.2 Å². The zero-order valence-electron chi connectivity index (χ0n) is 12.7. The first-order chi connectivity index (χ1) is 10.2. The first-order valence-corrected chi connectivity index (χ1v) is 7.42. The van der Waals surface area contributed by atoms with Gasteiger partial charge >= 0.3 is 0 Å². The van der Waals surface area contributed by atoms with E-state index in [2.05, 4.69) is 4.74 Å². The average molecular weight is 312 g/mol. The van der Waals surface area contributed by atoms with E-state index >= 15 is 0 Å². The Morgan fingerprint density at radius 3 is 1.10 bits per heavy atom. The van der Waals surface area contributed by atoms with Gasteiger partial charge in [-0.3, -0.25) is 0 Å². The molecule has 0 aromatic heterocycles. The summed E-state index contributed by atoms with van der Waals surface area (Å²) in [5.41, 5.74) is 0. The van der Waals surface area contributed by atoms with Gasteiger partial charge in [0.2, 0.25) is 0 Å². The lowest BCUT2D eigenvalue weighted by atomic mass is 9.83. The van der Waals surface area contributed by atoms with Crippen molar-refractivity contribution >= 4 is 0 Å². The van der Waals surface area contributed by atoms with E-state index in [1.54, 1.807) is 0 Å².